The molecule has 3 rings (SSSR count). The highest BCUT2D eigenvalue weighted by Crippen LogP contribution is 2.35. The van der Waals surface area contributed by atoms with Gasteiger partial charge in [0.25, 0.3) is 15.9 Å². The molecule has 198 valence electrons. The van der Waals surface area contributed by atoms with Crippen molar-refractivity contribution in [3.05, 3.63) is 83.9 Å². The van der Waals surface area contributed by atoms with Gasteiger partial charge in [0.05, 0.1) is 10.6 Å². The van der Waals surface area contributed by atoms with Crippen molar-refractivity contribution >= 4 is 27.3 Å². The number of sulfonamides is 1. The lowest BCUT2D eigenvalue weighted by Gasteiger charge is -2.27. The number of carbonyl (C=O) groups excluding carboxylic acids is 1. The zero-order valence-electron chi connectivity index (χ0n) is 22.8. The SMILES string of the molecule is CCN(c1ccccc1)S(=O)(=O)c1ccc(NC(=O)COc2ccc(C(C)(C)C)cc2C(C)(C)C)cc1. The quantitative estimate of drug-likeness (QED) is 0.366. The van der Waals surface area contributed by atoms with Crippen LogP contribution in [0, 0.1) is 0 Å². The molecule has 0 atom stereocenters. The molecule has 0 fully saturated rings. The van der Waals surface area contributed by atoms with Crippen molar-refractivity contribution in [3.8, 4) is 5.75 Å². The van der Waals surface area contributed by atoms with Crippen LogP contribution in [0.25, 0.3) is 0 Å². The highest BCUT2D eigenvalue weighted by Gasteiger charge is 2.25. The van der Waals surface area contributed by atoms with Gasteiger partial charge in [0, 0.05) is 12.2 Å². The van der Waals surface area contributed by atoms with Gasteiger partial charge in [0.2, 0.25) is 0 Å². The van der Waals surface area contributed by atoms with Crippen molar-refractivity contribution in [1.29, 1.82) is 0 Å². The summed E-state index contributed by atoms with van der Waals surface area (Å²) in [6.45, 7) is 14.8. The summed E-state index contributed by atoms with van der Waals surface area (Å²) in [7, 11) is -3.73. The van der Waals surface area contributed by atoms with E-state index in [0.717, 1.165) is 5.56 Å². The zero-order valence-corrected chi connectivity index (χ0v) is 23.6. The maximum absolute atomic E-state index is 13.2. The van der Waals surface area contributed by atoms with Crippen molar-refractivity contribution in [2.75, 3.05) is 22.8 Å². The maximum atomic E-state index is 13.2. The molecular weight excluding hydrogens is 484 g/mol. The van der Waals surface area contributed by atoms with Crippen molar-refractivity contribution in [1.82, 2.24) is 0 Å². The Hall–Kier alpha value is -3.32. The monoisotopic (exact) mass is 522 g/mol. The molecule has 0 spiro atoms. The third kappa shape index (κ3) is 6.92. The highest BCUT2D eigenvalue weighted by atomic mass is 32.2. The Morgan fingerprint density at radius 3 is 2.03 bits per heavy atom. The molecule has 0 heterocycles. The number of hydrogen-bond acceptors (Lipinski definition) is 4. The topological polar surface area (TPSA) is 75.7 Å². The first kappa shape index (κ1) is 28.3. The van der Waals surface area contributed by atoms with Crippen LogP contribution in [-0.2, 0) is 25.6 Å². The van der Waals surface area contributed by atoms with Crippen LogP contribution in [0.15, 0.2) is 77.7 Å². The second-order valence-corrected chi connectivity index (χ2v) is 12.9. The van der Waals surface area contributed by atoms with Gasteiger partial charge in [-0.2, -0.15) is 0 Å². The molecule has 0 bridgehead atoms. The first-order chi connectivity index (χ1) is 17.2. The van der Waals surface area contributed by atoms with E-state index in [1.54, 1.807) is 43.3 Å². The molecule has 0 saturated heterocycles. The average Bonchev–Trinajstić information content (AvgIpc) is 2.83. The predicted octanol–water partition coefficient (Wildman–Crippen LogP) is 6.51. The largest absolute Gasteiger partial charge is 0.483 e. The van der Waals surface area contributed by atoms with Gasteiger partial charge in [-0.1, -0.05) is 71.9 Å². The van der Waals surface area contributed by atoms with E-state index in [1.807, 2.05) is 18.2 Å². The van der Waals surface area contributed by atoms with E-state index >= 15 is 0 Å². The lowest BCUT2D eigenvalue weighted by molar-refractivity contribution is -0.118. The van der Waals surface area contributed by atoms with Gasteiger partial charge in [-0.15, -0.1) is 0 Å². The van der Waals surface area contributed by atoms with Crippen LogP contribution in [0.4, 0.5) is 11.4 Å². The molecule has 0 radical (unpaired) electrons. The fourth-order valence-corrected chi connectivity index (χ4v) is 5.45. The third-order valence-corrected chi connectivity index (χ3v) is 7.99. The van der Waals surface area contributed by atoms with E-state index in [2.05, 4.69) is 52.9 Å². The lowest BCUT2D eigenvalue weighted by atomic mass is 9.80. The van der Waals surface area contributed by atoms with Crippen molar-refractivity contribution in [2.24, 2.45) is 0 Å². The minimum absolute atomic E-state index is 0.00477. The molecule has 0 aliphatic heterocycles. The van der Waals surface area contributed by atoms with Crippen molar-refractivity contribution in [3.63, 3.8) is 0 Å². The smallest absolute Gasteiger partial charge is 0.264 e. The van der Waals surface area contributed by atoms with Crippen LogP contribution in [-0.4, -0.2) is 27.5 Å². The highest BCUT2D eigenvalue weighted by molar-refractivity contribution is 7.92. The first-order valence-corrected chi connectivity index (χ1v) is 13.9. The fraction of sp³-hybridized carbons (Fsp3) is 0.367. The summed E-state index contributed by atoms with van der Waals surface area (Å²) in [5.41, 5.74) is 3.20. The van der Waals surface area contributed by atoms with Crippen molar-refractivity contribution < 1.29 is 17.9 Å². The Morgan fingerprint density at radius 2 is 1.49 bits per heavy atom. The van der Waals surface area contributed by atoms with E-state index in [1.165, 1.54) is 22.0 Å². The Morgan fingerprint density at radius 1 is 0.865 bits per heavy atom. The van der Waals surface area contributed by atoms with Crippen LogP contribution in [0.2, 0.25) is 0 Å². The summed E-state index contributed by atoms with van der Waals surface area (Å²) in [5, 5.41) is 2.79. The average molecular weight is 523 g/mol. The molecule has 0 saturated carbocycles. The number of ether oxygens (including phenoxy) is 1. The van der Waals surface area contributed by atoms with Gasteiger partial charge in [0.1, 0.15) is 5.75 Å². The molecule has 3 aromatic carbocycles. The second-order valence-electron chi connectivity index (χ2n) is 11.1. The minimum atomic E-state index is -3.73. The predicted molar refractivity (Wildman–Crippen MR) is 151 cm³/mol. The number of rotatable bonds is 8. The van der Waals surface area contributed by atoms with Gasteiger partial charge < -0.3 is 10.1 Å². The van der Waals surface area contributed by atoms with Crippen molar-refractivity contribution in [2.45, 2.75) is 64.2 Å². The van der Waals surface area contributed by atoms with Gasteiger partial charge in [0.15, 0.2) is 6.61 Å². The number of hydrogen-bond donors (Lipinski definition) is 1. The number of nitrogens with one attached hydrogen (secondary N) is 1. The van der Waals surface area contributed by atoms with Crippen LogP contribution >= 0.6 is 0 Å². The fourth-order valence-electron chi connectivity index (χ4n) is 3.97. The lowest BCUT2D eigenvalue weighted by Crippen LogP contribution is -2.30. The minimum Gasteiger partial charge on any atom is -0.483 e. The standard InChI is InChI=1S/C30H38N2O4S/c1-8-32(24-12-10-9-11-13-24)37(34,35)25-17-15-23(16-18-25)31-28(33)21-36-27-19-14-22(29(2,3)4)20-26(27)30(5,6)7/h9-20H,8,21H2,1-7H3,(H,31,33). The van der Waals surface area contributed by atoms with Gasteiger partial charge in [-0.25, -0.2) is 8.42 Å². The van der Waals surface area contributed by atoms with E-state index < -0.39 is 10.0 Å². The number of anilines is 2. The summed E-state index contributed by atoms with van der Waals surface area (Å²) >= 11 is 0. The zero-order chi connectivity index (χ0) is 27.4. The Balaban J connectivity index is 1.70. The van der Waals surface area contributed by atoms with Gasteiger partial charge in [-0.05, 0) is 71.3 Å². The van der Waals surface area contributed by atoms with Gasteiger partial charge in [-0.3, -0.25) is 9.10 Å². The molecule has 0 aliphatic rings. The summed E-state index contributed by atoms with van der Waals surface area (Å²) in [4.78, 5) is 12.8. The Labute approximate surface area is 221 Å². The normalized spacial score (nSPS) is 12.2. The van der Waals surface area contributed by atoms with E-state index in [9.17, 15) is 13.2 Å². The molecule has 6 nitrogen and oxygen atoms in total. The first-order valence-electron chi connectivity index (χ1n) is 12.5. The summed E-state index contributed by atoms with van der Waals surface area (Å²) in [6.07, 6.45) is 0. The van der Waals surface area contributed by atoms with Gasteiger partial charge >= 0.3 is 0 Å². The number of para-hydroxylation sites is 1. The molecule has 0 unspecified atom stereocenters. The number of nitrogens with zero attached hydrogens (tertiary/aromatic N) is 1. The van der Waals surface area contributed by atoms with Crippen LogP contribution in [0.3, 0.4) is 0 Å². The molecule has 0 aliphatic carbocycles. The number of carbonyl (C=O) groups is 1. The van der Waals surface area contributed by atoms with E-state index in [-0.39, 0.29) is 28.2 Å². The molecule has 3 aromatic rings. The number of amides is 1. The van der Waals surface area contributed by atoms with Crippen LogP contribution < -0.4 is 14.4 Å². The molecule has 37 heavy (non-hydrogen) atoms. The third-order valence-electron chi connectivity index (χ3n) is 6.07. The maximum Gasteiger partial charge on any atom is 0.264 e. The molecule has 7 heteroatoms. The van der Waals surface area contributed by atoms with E-state index in [0.29, 0.717) is 23.7 Å². The van der Waals surface area contributed by atoms with Crippen LogP contribution in [0.1, 0.15) is 59.6 Å². The molecular formula is C30H38N2O4S. The molecule has 1 N–H and O–H groups in total. The Kier molecular flexibility index (Phi) is 8.38. The molecule has 1 amide bonds. The summed E-state index contributed by atoms with van der Waals surface area (Å²) in [5.74, 6) is 0.354. The Bertz CT molecular complexity index is 1320. The molecule has 0 aromatic heterocycles. The van der Waals surface area contributed by atoms with E-state index in [4.69, 9.17) is 4.74 Å². The summed E-state index contributed by atoms with van der Waals surface area (Å²) in [6, 6.07) is 21.3. The number of benzene rings is 3. The second kappa shape index (κ2) is 11.0. The summed E-state index contributed by atoms with van der Waals surface area (Å²) < 4.78 is 33.6. The van der Waals surface area contributed by atoms with Crippen LogP contribution in [0.5, 0.6) is 5.75 Å².